The molecule has 0 fully saturated rings. The quantitative estimate of drug-likeness (QED) is 0.184. The minimum absolute atomic E-state index is 0.170. The van der Waals surface area contributed by atoms with Crippen LogP contribution in [0.5, 0.6) is 0 Å². The van der Waals surface area contributed by atoms with Crippen LogP contribution < -0.4 is 10.6 Å². The maximum Gasteiger partial charge on any atom is 0.136 e. The predicted molar refractivity (Wildman–Crippen MR) is 206 cm³/mol. The van der Waals surface area contributed by atoms with Crippen molar-refractivity contribution in [2.45, 2.75) is 25.2 Å². The molecule has 242 valence electrons. The summed E-state index contributed by atoms with van der Waals surface area (Å²) < 4.78 is 6.38. The van der Waals surface area contributed by atoms with Crippen LogP contribution in [-0.2, 0) is 6.42 Å². The van der Waals surface area contributed by atoms with Crippen LogP contribution in [0.15, 0.2) is 166 Å². The number of rotatable bonds is 4. The van der Waals surface area contributed by atoms with Gasteiger partial charge in [0.15, 0.2) is 0 Å². The maximum absolute atomic E-state index is 6.38. The molecule has 4 unspecified atom stereocenters. The van der Waals surface area contributed by atoms with E-state index in [0.29, 0.717) is 5.02 Å². The molecule has 50 heavy (non-hydrogen) atoms. The lowest BCUT2D eigenvalue weighted by atomic mass is 9.70. The summed E-state index contributed by atoms with van der Waals surface area (Å²) >= 11 is 6.37. The zero-order valence-electron chi connectivity index (χ0n) is 27.3. The van der Waals surface area contributed by atoms with Crippen molar-refractivity contribution in [2.75, 3.05) is 0 Å². The van der Waals surface area contributed by atoms with Crippen LogP contribution in [0.2, 0.25) is 5.02 Å². The van der Waals surface area contributed by atoms with Crippen molar-refractivity contribution in [1.82, 2.24) is 10.6 Å². The Bertz CT molecular complexity index is 2530. The maximum atomic E-state index is 6.38. The number of nitrogens with one attached hydrogen (secondary N) is 2. The number of benzene rings is 5. The highest BCUT2D eigenvalue weighted by atomic mass is 35.5. The Morgan fingerprint density at radius 1 is 0.720 bits per heavy atom. The Kier molecular flexibility index (Phi) is 7.00. The normalized spacial score (nSPS) is 22.7. The van der Waals surface area contributed by atoms with Gasteiger partial charge in [-0.25, -0.2) is 4.99 Å². The molecular formula is C45H34ClN3O. The highest BCUT2D eigenvalue weighted by molar-refractivity contribution is 6.31. The van der Waals surface area contributed by atoms with E-state index in [1.54, 1.807) is 0 Å². The number of hydrogen-bond acceptors (Lipinski definition) is 4. The molecule has 0 saturated carbocycles. The van der Waals surface area contributed by atoms with E-state index in [9.17, 15) is 0 Å². The monoisotopic (exact) mass is 667 g/mol. The number of halogens is 1. The van der Waals surface area contributed by atoms with Crippen LogP contribution in [0.4, 0.5) is 0 Å². The zero-order chi connectivity index (χ0) is 33.2. The fourth-order valence-corrected chi connectivity index (χ4v) is 8.59. The van der Waals surface area contributed by atoms with Crippen LogP contribution >= 0.6 is 11.6 Å². The van der Waals surface area contributed by atoms with Gasteiger partial charge in [-0.1, -0.05) is 133 Å². The third kappa shape index (κ3) is 4.82. The number of amidine groups is 1. The van der Waals surface area contributed by atoms with Gasteiger partial charge in [0, 0.05) is 45.9 Å². The predicted octanol–water partition coefficient (Wildman–Crippen LogP) is 10.6. The molecule has 5 aromatic carbocycles. The lowest BCUT2D eigenvalue weighted by Gasteiger charge is -2.38. The summed E-state index contributed by atoms with van der Waals surface area (Å²) in [7, 11) is 0. The van der Waals surface area contributed by atoms with Gasteiger partial charge in [-0.15, -0.1) is 0 Å². The average molecular weight is 668 g/mol. The SMILES string of the molecule is Clc1ccc2c3c(oc2c1)CCC=C3C1C=CC(C2NC(c3cc4ccccc4c4ccccc34)=NC(c3ccccc3)N2)=C2C=CC=CC21. The van der Waals surface area contributed by atoms with Crippen LogP contribution in [-0.4, -0.2) is 12.0 Å². The van der Waals surface area contributed by atoms with Gasteiger partial charge in [0.25, 0.3) is 0 Å². The van der Waals surface area contributed by atoms with Gasteiger partial charge in [-0.05, 0) is 68.4 Å². The standard InChI is InChI=1S/C45H34ClN3O/c46-29-21-22-38-41(26-29)50-40-20-10-19-36(42(38)40)35-23-24-37(33-17-8-7-16-32(33)35)44-47-43(27-11-2-1-3-12-27)48-45(49-44)39-25-28-13-4-5-14-30(28)31-15-6-9-18-34(31)39/h1-9,11-19,21-26,32,35,43-44,47H,10,20H2,(H,48,49). The second-order valence-corrected chi connectivity index (χ2v) is 14.0. The number of fused-ring (bicyclic) bond motifs is 7. The minimum Gasteiger partial charge on any atom is -0.460 e. The van der Waals surface area contributed by atoms with Crippen molar-refractivity contribution in [2.24, 2.45) is 16.8 Å². The first-order valence-electron chi connectivity index (χ1n) is 17.4. The van der Waals surface area contributed by atoms with E-state index in [-0.39, 0.29) is 24.2 Å². The van der Waals surface area contributed by atoms with Gasteiger partial charge in [-0.3, -0.25) is 5.32 Å². The highest BCUT2D eigenvalue weighted by Crippen LogP contribution is 2.47. The van der Waals surface area contributed by atoms with Crippen molar-refractivity contribution in [3.05, 3.63) is 184 Å². The molecule has 1 aromatic heterocycles. The lowest BCUT2D eigenvalue weighted by Crippen LogP contribution is -2.52. The Morgan fingerprint density at radius 2 is 1.54 bits per heavy atom. The van der Waals surface area contributed by atoms with Crippen molar-refractivity contribution >= 4 is 55.5 Å². The molecule has 2 N–H and O–H groups in total. The van der Waals surface area contributed by atoms with Gasteiger partial charge in [0.05, 0.1) is 0 Å². The summed E-state index contributed by atoms with van der Waals surface area (Å²) in [5.41, 5.74) is 8.21. The Hall–Kier alpha value is -5.42. The molecule has 10 rings (SSSR count). The first kappa shape index (κ1) is 29.5. The zero-order valence-corrected chi connectivity index (χ0v) is 28.1. The van der Waals surface area contributed by atoms with Gasteiger partial charge in [0.2, 0.25) is 0 Å². The van der Waals surface area contributed by atoms with E-state index < -0.39 is 0 Å². The van der Waals surface area contributed by atoms with Crippen LogP contribution in [0.1, 0.15) is 35.0 Å². The van der Waals surface area contributed by atoms with Gasteiger partial charge in [-0.2, -0.15) is 0 Å². The molecule has 0 radical (unpaired) electrons. The van der Waals surface area contributed by atoms with E-state index in [0.717, 1.165) is 46.5 Å². The van der Waals surface area contributed by atoms with Crippen LogP contribution in [0.3, 0.4) is 0 Å². The second-order valence-electron chi connectivity index (χ2n) is 13.5. The van der Waals surface area contributed by atoms with Crippen molar-refractivity contribution in [3.63, 3.8) is 0 Å². The van der Waals surface area contributed by atoms with Gasteiger partial charge < -0.3 is 9.73 Å². The molecule has 2 heterocycles. The molecule has 5 heteroatoms. The number of furan rings is 1. The average Bonchev–Trinajstić information content (AvgIpc) is 3.55. The molecule has 4 nitrogen and oxygen atoms in total. The highest BCUT2D eigenvalue weighted by Gasteiger charge is 2.36. The molecule has 4 atom stereocenters. The second kappa shape index (κ2) is 11.9. The fourth-order valence-electron chi connectivity index (χ4n) is 8.43. The number of nitrogens with zero attached hydrogens (tertiary/aromatic N) is 1. The fraction of sp³-hybridized carbons (Fsp3) is 0.133. The Balaban J connectivity index is 1.08. The molecule has 6 aromatic rings. The number of aryl methyl sites for hydroxylation is 1. The van der Waals surface area contributed by atoms with E-state index in [2.05, 4.69) is 144 Å². The summed E-state index contributed by atoms with van der Waals surface area (Å²) in [5, 5.41) is 14.5. The largest absolute Gasteiger partial charge is 0.460 e. The van der Waals surface area contributed by atoms with Gasteiger partial charge >= 0.3 is 0 Å². The van der Waals surface area contributed by atoms with Crippen LogP contribution in [0.25, 0.3) is 38.1 Å². The summed E-state index contributed by atoms with van der Waals surface area (Å²) in [4.78, 5) is 5.36. The molecule has 4 aliphatic rings. The summed E-state index contributed by atoms with van der Waals surface area (Å²) in [6.07, 6.45) is 17.6. The molecule has 0 saturated heterocycles. The van der Waals surface area contributed by atoms with Crippen molar-refractivity contribution in [3.8, 4) is 0 Å². The van der Waals surface area contributed by atoms with E-state index in [1.807, 2.05) is 12.1 Å². The summed E-state index contributed by atoms with van der Waals surface area (Å²) in [6, 6.07) is 36.2. The van der Waals surface area contributed by atoms with Crippen molar-refractivity contribution in [1.29, 1.82) is 0 Å². The van der Waals surface area contributed by atoms with E-state index >= 15 is 0 Å². The summed E-state index contributed by atoms with van der Waals surface area (Å²) in [6.45, 7) is 0. The van der Waals surface area contributed by atoms with E-state index in [1.165, 1.54) is 43.8 Å². The summed E-state index contributed by atoms with van der Waals surface area (Å²) in [5.74, 6) is 2.31. The molecular weight excluding hydrogens is 634 g/mol. The Labute approximate surface area is 295 Å². The van der Waals surface area contributed by atoms with Gasteiger partial charge in [0.1, 0.15) is 29.5 Å². The number of allylic oxidation sites excluding steroid dienone is 8. The first-order chi connectivity index (χ1) is 24.7. The van der Waals surface area contributed by atoms with Crippen molar-refractivity contribution < 1.29 is 4.42 Å². The smallest absolute Gasteiger partial charge is 0.136 e. The molecule has 1 aliphatic heterocycles. The minimum atomic E-state index is -0.226. The Morgan fingerprint density at radius 3 is 2.44 bits per heavy atom. The first-order valence-corrected chi connectivity index (χ1v) is 17.8. The number of aliphatic imine (C=N–C) groups is 1. The molecule has 0 amide bonds. The molecule has 3 aliphatic carbocycles. The lowest BCUT2D eigenvalue weighted by molar-refractivity contribution is 0.435. The third-order valence-corrected chi connectivity index (χ3v) is 10.9. The molecule has 0 bridgehead atoms. The number of hydrogen-bond donors (Lipinski definition) is 2. The molecule has 0 spiro atoms. The third-order valence-electron chi connectivity index (χ3n) is 10.7. The van der Waals surface area contributed by atoms with Crippen LogP contribution in [0, 0.1) is 11.8 Å². The topological polar surface area (TPSA) is 49.6 Å². The van der Waals surface area contributed by atoms with E-state index in [4.69, 9.17) is 21.0 Å².